The van der Waals surface area contributed by atoms with Gasteiger partial charge in [-0.25, -0.2) is 0 Å². The number of ether oxygens (including phenoxy) is 2. The number of aliphatic hydroxyl groups excluding tert-OH is 3. The first-order valence-corrected chi connectivity index (χ1v) is 5.15. The highest BCUT2D eigenvalue weighted by atomic mass is 16.5. The van der Waals surface area contributed by atoms with Crippen LogP contribution in [0.4, 0.5) is 0 Å². The lowest BCUT2D eigenvalue weighted by Gasteiger charge is -1.89. The van der Waals surface area contributed by atoms with E-state index >= 15 is 0 Å². The van der Waals surface area contributed by atoms with Gasteiger partial charge in [0.1, 0.15) is 0 Å². The minimum atomic E-state index is -0.211. The Morgan fingerprint density at radius 3 is 0.889 bits per heavy atom. The zero-order valence-electron chi connectivity index (χ0n) is 12.4. The summed E-state index contributed by atoms with van der Waals surface area (Å²) in [6, 6.07) is 0. The Labute approximate surface area is 109 Å². The van der Waals surface area contributed by atoms with E-state index in [-0.39, 0.29) is 11.9 Å². The van der Waals surface area contributed by atoms with E-state index in [4.69, 9.17) is 15.3 Å². The molecule has 7 nitrogen and oxygen atoms in total. The minimum absolute atomic E-state index is 0.211. The molecule has 0 aliphatic heterocycles. The van der Waals surface area contributed by atoms with Crippen LogP contribution >= 0.6 is 0 Å². The van der Waals surface area contributed by atoms with E-state index in [1.54, 1.807) is 13.8 Å². The molecule has 18 heavy (non-hydrogen) atoms. The SMILES string of the molecule is CCOC(C)=O.CCOC(C)=O.CO.CO.CO. The van der Waals surface area contributed by atoms with Crippen LogP contribution in [0.25, 0.3) is 0 Å². The molecule has 0 saturated heterocycles. The van der Waals surface area contributed by atoms with Gasteiger partial charge >= 0.3 is 11.9 Å². The number of hydrogen-bond acceptors (Lipinski definition) is 7. The van der Waals surface area contributed by atoms with Crippen LogP contribution in [-0.2, 0) is 19.1 Å². The predicted molar refractivity (Wildman–Crippen MR) is 69.0 cm³/mol. The van der Waals surface area contributed by atoms with Crippen LogP contribution in [-0.4, -0.2) is 61.8 Å². The lowest BCUT2D eigenvalue weighted by atomic mass is 10.8. The Morgan fingerprint density at radius 1 is 0.722 bits per heavy atom. The first-order chi connectivity index (χ1) is 8.54. The van der Waals surface area contributed by atoms with Gasteiger partial charge in [-0.3, -0.25) is 9.59 Å². The van der Waals surface area contributed by atoms with Crippen molar-refractivity contribution in [3.63, 3.8) is 0 Å². The largest absolute Gasteiger partial charge is 0.466 e. The second-order valence-electron chi connectivity index (χ2n) is 1.85. The van der Waals surface area contributed by atoms with Gasteiger partial charge in [-0.05, 0) is 13.8 Å². The van der Waals surface area contributed by atoms with Gasteiger partial charge in [0.15, 0.2) is 0 Å². The molecular weight excluding hydrogens is 244 g/mol. The summed E-state index contributed by atoms with van der Waals surface area (Å²) in [6.07, 6.45) is 0. The molecule has 0 fully saturated rings. The highest BCUT2D eigenvalue weighted by Crippen LogP contribution is 1.70. The first-order valence-electron chi connectivity index (χ1n) is 5.15. The lowest BCUT2D eigenvalue weighted by molar-refractivity contribution is -0.141. The molecule has 0 aromatic rings. The van der Waals surface area contributed by atoms with Gasteiger partial charge in [0, 0.05) is 35.2 Å². The molecule has 114 valence electrons. The summed E-state index contributed by atoms with van der Waals surface area (Å²) >= 11 is 0. The molecule has 0 aromatic carbocycles. The number of hydrogen-bond donors (Lipinski definition) is 3. The van der Waals surface area contributed by atoms with Crippen molar-refractivity contribution in [2.75, 3.05) is 34.5 Å². The summed E-state index contributed by atoms with van der Waals surface area (Å²) < 4.78 is 8.81. The molecule has 0 spiro atoms. The maximum atomic E-state index is 9.82. The Balaban J connectivity index is -0.0000000442. The third kappa shape index (κ3) is 122. The van der Waals surface area contributed by atoms with E-state index in [2.05, 4.69) is 9.47 Å². The van der Waals surface area contributed by atoms with Crippen LogP contribution < -0.4 is 0 Å². The molecule has 0 aliphatic carbocycles. The summed E-state index contributed by atoms with van der Waals surface area (Å²) in [5, 5.41) is 21.0. The van der Waals surface area contributed by atoms with Crippen molar-refractivity contribution in [2.24, 2.45) is 0 Å². The Kier molecular flexibility index (Phi) is 74.8. The van der Waals surface area contributed by atoms with Crippen LogP contribution in [0, 0.1) is 0 Å². The molecule has 3 N–H and O–H groups in total. The van der Waals surface area contributed by atoms with Crippen molar-refractivity contribution >= 4 is 11.9 Å². The summed E-state index contributed by atoms with van der Waals surface area (Å²) in [5.74, 6) is -0.421. The van der Waals surface area contributed by atoms with Crippen LogP contribution in [0.5, 0.6) is 0 Å². The second-order valence-corrected chi connectivity index (χ2v) is 1.85. The minimum Gasteiger partial charge on any atom is -0.466 e. The zero-order chi connectivity index (χ0) is 16.0. The highest BCUT2D eigenvalue weighted by molar-refractivity contribution is 5.66. The average molecular weight is 272 g/mol. The highest BCUT2D eigenvalue weighted by Gasteiger charge is 1.82. The van der Waals surface area contributed by atoms with Crippen LogP contribution in [0.15, 0.2) is 0 Å². The third-order valence-electron chi connectivity index (χ3n) is 0.695. The van der Waals surface area contributed by atoms with Crippen molar-refractivity contribution in [3.05, 3.63) is 0 Å². The zero-order valence-corrected chi connectivity index (χ0v) is 12.4. The molecule has 0 radical (unpaired) electrons. The summed E-state index contributed by atoms with van der Waals surface area (Å²) in [4.78, 5) is 19.6. The summed E-state index contributed by atoms with van der Waals surface area (Å²) in [6.45, 7) is 7.31. The fourth-order valence-electron chi connectivity index (χ4n) is 0.407. The fraction of sp³-hybridized carbons (Fsp3) is 0.818. The summed E-state index contributed by atoms with van der Waals surface area (Å²) in [5.41, 5.74) is 0. The van der Waals surface area contributed by atoms with Gasteiger partial charge in [-0.15, -0.1) is 0 Å². The van der Waals surface area contributed by atoms with Crippen LogP contribution in [0.2, 0.25) is 0 Å². The van der Waals surface area contributed by atoms with Gasteiger partial charge in [-0.1, -0.05) is 0 Å². The van der Waals surface area contributed by atoms with E-state index in [1.165, 1.54) is 13.8 Å². The molecule has 0 rings (SSSR count). The van der Waals surface area contributed by atoms with Gasteiger partial charge in [0.2, 0.25) is 0 Å². The molecule has 0 aromatic heterocycles. The predicted octanol–water partition coefficient (Wildman–Crippen LogP) is -0.0357. The molecule has 0 saturated carbocycles. The Hall–Kier alpha value is -1.18. The normalized spacial score (nSPS) is 6.11. The number of aliphatic hydroxyl groups is 3. The molecule has 0 bridgehead atoms. The molecule has 0 atom stereocenters. The van der Waals surface area contributed by atoms with E-state index < -0.39 is 0 Å². The molecule has 0 heterocycles. The second kappa shape index (κ2) is 44.7. The Morgan fingerprint density at radius 2 is 0.889 bits per heavy atom. The lowest BCUT2D eigenvalue weighted by Crippen LogP contribution is -1.95. The van der Waals surface area contributed by atoms with Crippen molar-refractivity contribution in [1.29, 1.82) is 0 Å². The van der Waals surface area contributed by atoms with E-state index in [9.17, 15) is 9.59 Å². The number of rotatable bonds is 2. The van der Waals surface area contributed by atoms with E-state index in [0.29, 0.717) is 13.2 Å². The topological polar surface area (TPSA) is 113 Å². The monoisotopic (exact) mass is 272 g/mol. The maximum absolute atomic E-state index is 9.82. The first kappa shape index (κ1) is 30.1. The molecule has 0 unspecified atom stereocenters. The van der Waals surface area contributed by atoms with Crippen molar-refractivity contribution in [2.45, 2.75) is 27.7 Å². The van der Waals surface area contributed by atoms with Gasteiger partial charge in [0.05, 0.1) is 13.2 Å². The third-order valence-corrected chi connectivity index (χ3v) is 0.695. The van der Waals surface area contributed by atoms with Gasteiger partial charge in [-0.2, -0.15) is 0 Å². The quantitative estimate of drug-likeness (QED) is 0.605. The van der Waals surface area contributed by atoms with Crippen molar-refractivity contribution < 1.29 is 34.4 Å². The van der Waals surface area contributed by atoms with Crippen molar-refractivity contribution in [3.8, 4) is 0 Å². The average Bonchev–Trinajstić information content (AvgIpc) is 2.37. The van der Waals surface area contributed by atoms with Gasteiger partial charge < -0.3 is 24.8 Å². The van der Waals surface area contributed by atoms with Crippen molar-refractivity contribution in [1.82, 2.24) is 0 Å². The molecular formula is C11H28O7. The summed E-state index contributed by atoms with van der Waals surface area (Å²) in [7, 11) is 3.00. The smallest absolute Gasteiger partial charge is 0.302 e. The van der Waals surface area contributed by atoms with E-state index in [0.717, 1.165) is 21.3 Å². The van der Waals surface area contributed by atoms with E-state index in [1.807, 2.05) is 0 Å². The number of esters is 2. The van der Waals surface area contributed by atoms with Crippen LogP contribution in [0.3, 0.4) is 0 Å². The Bertz CT molecular complexity index is 121. The number of carbonyl (C=O) groups is 2. The standard InChI is InChI=1S/2C4H8O2.3CH4O/c2*1-3-6-4(2)5;3*1-2/h2*3H2,1-2H3;3*2H,1H3. The molecule has 0 aliphatic rings. The number of carbonyl (C=O) groups excluding carboxylic acids is 2. The molecule has 0 amide bonds. The van der Waals surface area contributed by atoms with Gasteiger partial charge in [0.25, 0.3) is 0 Å². The maximum Gasteiger partial charge on any atom is 0.302 e. The molecule has 7 heteroatoms. The van der Waals surface area contributed by atoms with Crippen LogP contribution in [0.1, 0.15) is 27.7 Å². The fourth-order valence-corrected chi connectivity index (χ4v) is 0.407.